The number of benzene rings is 2. The number of piperidine rings is 1. The molecule has 0 spiro atoms. The fraction of sp³-hybridized carbons (Fsp3) is 0.478. The van der Waals surface area contributed by atoms with Crippen molar-refractivity contribution in [1.82, 2.24) is 0 Å². The Kier molecular flexibility index (Phi) is 5.61. The molecule has 25 heavy (non-hydrogen) atoms. The van der Waals surface area contributed by atoms with Crippen LogP contribution < -0.4 is 5.32 Å². The van der Waals surface area contributed by atoms with Crippen molar-refractivity contribution in [2.24, 2.45) is 11.8 Å². The minimum Gasteiger partial charge on any atom is -0.389 e. The molecule has 0 aliphatic carbocycles. The lowest BCUT2D eigenvalue weighted by Crippen LogP contribution is -2.93. The van der Waals surface area contributed by atoms with Gasteiger partial charge in [-0.2, -0.15) is 0 Å². The monoisotopic (exact) mass is 338 g/mol. The highest BCUT2D eigenvalue weighted by molar-refractivity contribution is 5.23. The SMILES string of the molecule is CCCCC1(O)[C@@H](C)[C@@H](c2ccccc2)[NH2+][C@@H](c2ccccc2)[C@@H]1C. The Hall–Kier alpha value is -1.64. The van der Waals surface area contributed by atoms with E-state index < -0.39 is 5.60 Å². The van der Waals surface area contributed by atoms with Crippen molar-refractivity contribution < 1.29 is 10.4 Å². The summed E-state index contributed by atoms with van der Waals surface area (Å²) in [6.45, 7) is 6.68. The second kappa shape index (κ2) is 7.72. The van der Waals surface area contributed by atoms with Crippen molar-refractivity contribution in [2.45, 2.75) is 57.7 Å². The van der Waals surface area contributed by atoms with E-state index in [-0.39, 0.29) is 23.9 Å². The van der Waals surface area contributed by atoms with Crippen LogP contribution in [0.2, 0.25) is 0 Å². The van der Waals surface area contributed by atoms with Crippen LogP contribution in [0.4, 0.5) is 0 Å². The minimum absolute atomic E-state index is 0.219. The third kappa shape index (κ3) is 3.51. The van der Waals surface area contributed by atoms with Crippen LogP contribution in [0.15, 0.2) is 60.7 Å². The average molecular weight is 339 g/mol. The summed E-state index contributed by atoms with van der Waals surface area (Å²) in [5, 5.41) is 14.3. The maximum atomic E-state index is 11.8. The summed E-state index contributed by atoms with van der Waals surface area (Å²) in [6.07, 6.45) is 3.08. The molecule has 0 aromatic heterocycles. The number of quaternary nitrogens is 1. The van der Waals surface area contributed by atoms with Crippen molar-refractivity contribution in [1.29, 1.82) is 0 Å². The van der Waals surface area contributed by atoms with Crippen LogP contribution >= 0.6 is 0 Å². The Morgan fingerprint density at radius 1 is 0.840 bits per heavy atom. The van der Waals surface area contributed by atoms with Crippen molar-refractivity contribution >= 4 is 0 Å². The van der Waals surface area contributed by atoms with Crippen molar-refractivity contribution in [3.8, 4) is 0 Å². The molecule has 3 rings (SSSR count). The van der Waals surface area contributed by atoms with Gasteiger partial charge < -0.3 is 10.4 Å². The van der Waals surface area contributed by atoms with Crippen LogP contribution in [0.25, 0.3) is 0 Å². The van der Waals surface area contributed by atoms with Gasteiger partial charge in [0.2, 0.25) is 0 Å². The molecule has 3 N–H and O–H groups in total. The number of rotatable bonds is 5. The van der Waals surface area contributed by atoms with Crippen LogP contribution in [-0.2, 0) is 0 Å². The van der Waals surface area contributed by atoms with Gasteiger partial charge in [-0.15, -0.1) is 0 Å². The molecule has 1 heterocycles. The van der Waals surface area contributed by atoms with Crippen LogP contribution in [0.3, 0.4) is 0 Å². The Morgan fingerprint density at radius 3 is 1.68 bits per heavy atom. The Bertz CT molecular complexity index is 603. The lowest BCUT2D eigenvalue weighted by atomic mass is 9.64. The first-order valence-electron chi connectivity index (χ1n) is 9.75. The number of aliphatic hydroxyl groups is 1. The summed E-state index contributed by atoms with van der Waals surface area (Å²) in [7, 11) is 0. The lowest BCUT2D eigenvalue weighted by molar-refractivity contribution is -0.764. The van der Waals surface area contributed by atoms with Crippen LogP contribution in [0.1, 0.15) is 63.2 Å². The Balaban J connectivity index is 2.00. The summed E-state index contributed by atoms with van der Waals surface area (Å²) in [5.74, 6) is 0.438. The molecule has 134 valence electrons. The largest absolute Gasteiger partial charge is 0.389 e. The standard InChI is InChI=1S/C23H31NO/c1-4-5-16-23(25)17(2)21(19-12-8-6-9-13-19)24-22(18(23)3)20-14-10-7-11-15-20/h6-15,17-18,21-22,24-25H,4-5,16H2,1-3H3/p+1/t17-,18-,21-,22+,23?/m0/s1. The molecule has 0 radical (unpaired) electrons. The van der Waals surface area contributed by atoms with Gasteiger partial charge in [0.1, 0.15) is 12.1 Å². The Morgan fingerprint density at radius 2 is 1.28 bits per heavy atom. The van der Waals surface area contributed by atoms with E-state index in [1.807, 2.05) is 0 Å². The highest BCUT2D eigenvalue weighted by Gasteiger charge is 2.53. The molecule has 1 saturated heterocycles. The van der Waals surface area contributed by atoms with E-state index >= 15 is 0 Å². The Labute approximate surface area is 152 Å². The van der Waals surface area contributed by atoms with Crippen LogP contribution in [-0.4, -0.2) is 10.7 Å². The predicted molar refractivity (Wildman–Crippen MR) is 103 cm³/mol. The van der Waals surface area contributed by atoms with E-state index in [2.05, 4.69) is 86.8 Å². The maximum absolute atomic E-state index is 11.8. The molecule has 2 heteroatoms. The summed E-state index contributed by atoms with van der Waals surface area (Å²) < 4.78 is 0. The molecule has 2 aromatic rings. The summed E-state index contributed by atoms with van der Waals surface area (Å²) in [6, 6.07) is 21.9. The van der Waals surface area contributed by atoms with Crippen molar-refractivity contribution in [3.05, 3.63) is 71.8 Å². The first-order valence-corrected chi connectivity index (χ1v) is 9.75. The van der Waals surface area contributed by atoms with E-state index in [0.717, 1.165) is 19.3 Å². The van der Waals surface area contributed by atoms with Gasteiger partial charge in [0.05, 0.1) is 5.60 Å². The minimum atomic E-state index is -0.633. The van der Waals surface area contributed by atoms with Gasteiger partial charge in [-0.25, -0.2) is 0 Å². The normalized spacial score (nSPS) is 32.5. The van der Waals surface area contributed by atoms with Gasteiger partial charge in [0.15, 0.2) is 0 Å². The summed E-state index contributed by atoms with van der Waals surface area (Å²) in [4.78, 5) is 0. The zero-order valence-electron chi connectivity index (χ0n) is 15.7. The first-order chi connectivity index (χ1) is 12.1. The molecular formula is C23H32NO+. The molecule has 0 saturated carbocycles. The molecule has 0 amide bonds. The van der Waals surface area contributed by atoms with E-state index in [1.165, 1.54) is 11.1 Å². The van der Waals surface area contributed by atoms with E-state index in [9.17, 15) is 5.11 Å². The van der Waals surface area contributed by atoms with Crippen LogP contribution in [0.5, 0.6) is 0 Å². The van der Waals surface area contributed by atoms with Gasteiger partial charge in [0.25, 0.3) is 0 Å². The fourth-order valence-electron chi connectivity index (χ4n) is 4.66. The highest BCUT2D eigenvalue weighted by Crippen LogP contribution is 2.45. The average Bonchev–Trinajstić information content (AvgIpc) is 2.66. The molecule has 2 aromatic carbocycles. The van der Waals surface area contributed by atoms with E-state index in [1.54, 1.807) is 0 Å². The van der Waals surface area contributed by atoms with Crippen molar-refractivity contribution in [3.63, 3.8) is 0 Å². The van der Waals surface area contributed by atoms with E-state index in [4.69, 9.17) is 0 Å². The molecule has 5 atom stereocenters. The van der Waals surface area contributed by atoms with Gasteiger partial charge in [-0.3, -0.25) is 0 Å². The third-order valence-electron chi connectivity index (χ3n) is 6.37. The summed E-state index contributed by atoms with van der Waals surface area (Å²) >= 11 is 0. The van der Waals surface area contributed by atoms with E-state index in [0.29, 0.717) is 0 Å². The molecule has 0 bridgehead atoms. The fourth-order valence-corrected chi connectivity index (χ4v) is 4.66. The molecule has 1 aliphatic heterocycles. The number of nitrogens with two attached hydrogens (primary N) is 1. The molecule has 1 fully saturated rings. The zero-order chi connectivity index (χ0) is 17.9. The molecule has 1 unspecified atom stereocenters. The van der Waals surface area contributed by atoms with Gasteiger partial charge in [-0.05, 0) is 6.42 Å². The quantitative estimate of drug-likeness (QED) is 0.840. The van der Waals surface area contributed by atoms with Crippen molar-refractivity contribution in [2.75, 3.05) is 0 Å². The number of unbranched alkanes of at least 4 members (excludes halogenated alkanes) is 1. The second-order valence-electron chi connectivity index (χ2n) is 7.74. The lowest BCUT2D eigenvalue weighted by Gasteiger charge is -2.49. The number of hydrogen-bond acceptors (Lipinski definition) is 1. The molecule has 1 aliphatic rings. The number of hydrogen-bond donors (Lipinski definition) is 2. The zero-order valence-corrected chi connectivity index (χ0v) is 15.7. The highest BCUT2D eigenvalue weighted by atomic mass is 16.3. The second-order valence-corrected chi connectivity index (χ2v) is 7.74. The predicted octanol–water partition coefficient (Wildman–Crippen LogP) is 4.24. The smallest absolute Gasteiger partial charge is 0.117 e. The topological polar surface area (TPSA) is 36.8 Å². The molecular weight excluding hydrogens is 306 g/mol. The molecule has 2 nitrogen and oxygen atoms in total. The van der Waals surface area contributed by atoms with Crippen LogP contribution in [0, 0.1) is 11.8 Å². The maximum Gasteiger partial charge on any atom is 0.117 e. The third-order valence-corrected chi connectivity index (χ3v) is 6.37. The van der Waals surface area contributed by atoms with Gasteiger partial charge >= 0.3 is 0 Å². The first kappa shape index (κ1) is 18.2. The summed E-state index contributed by atoms with van der Waals surface area (Å²) in [5.41, 5.74) is 2.00. The van der Waals surface area contributed by atoms with Gasteiger partial charge in [-0.1, -0.05) is 94.3 Å². The van der Waals surface area contributed by atoms with Gasteiger partial charge in [0, 0.05) is 23.0 Å².